The van der Waals surface area contributed by atoms with Gasteiger partial charge in [-0.05, 0) is 38.5 Å². The monoisotopic (exact) mass is 424 g/mol. The van der Waals surface area contributed by atoms with Crippen LogP contribution in [0, 0.1) is 0 Å². The van der Waals surface area contributed by atoms with Gasteiger partial charge in [0.05, 0.1) is 37.0 Å². The Morgan fingerprint density at radius 1 is 0.381 bits per heavy atom. The molecule has 0 unspecified atom stereocenters. The molecule has 0 radical (unpaired) electrons. The van der Waals surface area contributed by atoms with Crippen molar-refractivity contribution in [1.82, 2.24) is 0 Å². The maximum absolute atomic E-state index is 2.32. The molecule has 0 amide bonds. The van der Waals surface area contributed by atoms with Gasteiger partial charge < -0.3 is 0 Å². The summed E-state index contributed by atoms with van der Waals surface area (Å²) in [7, 11) is 0.205. The van der Waals surface area contributed by atoms with E-state index in [1.165, 1.54) is 38.5 Å². The van der Waals surface area contributed by atoms with Gasteiger partial charge in [0.1, 0.15) is 0 Å². The second kappa shape index (κ2) is 23.7. The molecule has 0 aliphatic rings. The van der Waals surface area contributed by atoms with Gasteiger partial charge in [-0.2, -0.15) is 0 Å². The second-order valence-electron chi connectivity index (χ2n) is 6.00. The molecule has 0 rings (SSSR count). The van der Waals surface area contributed by atoms with Gasteiger partial charge in [-0.15, -0.1) is 0 Å². The summed E-state index contributed by atoms with van der Waals surface area (Å²) in [6.45, 7) is 13.9. The zero-order valence-electron chi connectivity index (χ0n) is 15.8. The van der Waals surface area contributed by atoms with Crippen LogP contribution in [0.2, 0.25) is 0 Å². The molecule has 0 heterocycles. The molecule has 132 valence electrons. The first-order valence-corrected chi connectivity index (χ1v) is 13.6. The molecule has 0 fully saturated rings. The smallest absolute Gasteiger partial charge is 0.0569 e. The first-order chi connectivity index (χ1) is 9.69. The first-order valence-electron chi connectivity index (χ1n) is 9.36. The molecule has 0 aromatic rings. The molecular formula is C18H44P2Ru+2. The van der Waals surface area contributed by atoms with Gasteiger partial charge in [0.25, 0.3) is 0 Å². The van der Waals surface area contributed by atoms with E-state index in [9.17, 15) is 0 Å². The van der Waals surface area contributed by atoms with Crippen LogP contribution in [-0.2, 0) is 19.5 Å². The predicted octanol–water partition coefficient (Wildman–Crippen LogP) is 6.86. The fourth-order valence-corrected chi connectivity index (χ4v) is 8.61. The maximum atomic E-state index is 2.32. The Bertz CT molecular complexity index is 119. The van der Waals surface area contributed by atoms with Crippen LogP contribution in [0.5, 0.6) is 0 Å². The van der Waals surface area contributed by atoms with Crippen molar-refractivity contribution >= 4 is 15.8 Å². The van der Waals surface area contributed by atoms with Crippen LogP contribution >= 0.6 is 15.8 Å². The molecule has 21 heavy (non-hydrogen) atoms. The van der Waals surface area contributed by atoms with E-state index in [4.69, 9.17) is 0 Å². The van der Waals surface area contributed by atoms with Gasteiger partial charge in [0.15, 0.2) is 0 Å². The Morgan fingerprint density at radius 2 is 0.524 bits per heavy atom. The number of hydrogen-bond acceptors (Lipinski definition) is 0. The summed E-state index contributed by atoms with van der Waals surface area (Å²) in [6, 6.07) is 0. The zero-order chi connectivity index (χ0) is 15.6. The summed E-state index contributed by atoms with van der Waals surface area (Å²) in [4.78, 5) is 0. The third-order valence-corrected chi connectivity index (χ3v) is 10.9. The van der Waals surface area contributed by atoms with E-state index in [1.807, 2.05) is 0 Å². The van der Waals surface area contributed by atoms with Crippen molar-refractivity contribution in [2.75, 3.05) is 37.0 Å². The molecular weight excluding hydrogens is 379 g/mol. The maximum Gasteiger partial charge on any atom is 0.0569 e. The predicted molar refractivity (Wildman–Crippen MR) is 108 cm³/mol. The molecule has 0 spiro atoms. The molecule has 0 saturated carbocycles. The van der Waals surface area contributed by atoms with E-state index in [0.717, 1.165) is 0 Å². The average Bonchev–Trinajstić information content (AvgIpc) is 2.41. The molecule has 0 aliphatic heterocycles. The Labute approximate surface area is 152 Å². The van der Waals surface area contributed by atoms with Crippen LogP contribution in [0.3, 0.4) is 0 Å². The van der Waals surface area contributed by atoms with Crippen LogP contribution < -0.4 is 0 Å². The molecule has 0 aromatic carbocycles. The third kappa shape index (κ3) is 21.5. The summed E-state index contributed by atoms with van der Waals surface area (Å²) in [5, 5.41) is 0. The van der Waals surface area contributed by atoms with E-state index < -0.39 is 0 Å². The fraction of sp³-hybridized carbons (Fsp3) is 1.00. The van der Waals surface area contributed by atoms with Crippen LogP contribution in [0.15, 0.2) is 0 Å². The van der Waals surface area contributed by atoms with Gasteiger partial charge in [0.2, 0.25) is 0 Å². The minimum absolute atomic E-state index is 0. The van der Waals surface area contributed by atoms with E-state index in [1.54, 1.807) is 37.0 Å². The standard InChI is InChI=1S/2C9H21P.Ru/c2*1-4-7-10(8-5-2)9-6-3;/h2*4-9H2,1-3H3;/p+2. The SMILES string of the molecule is CCC[PH+](CCC)CCC.CCC[PH+](CCC)CCC.[Ru]. The minimum atomic E-state index is 0. The van der Waals surface area contributed by atoms with Crippen molar-refractivity contribution in [3.8, 4) is 0 Å². The number of rotatable bonds is 12. The van der Waals surface area contributed by atoms with Crippen molar-refractivity contribution < 1.29 is 19.5 Å². The van der Waals surface area contributed by atoms with E-state index in [-0.39, 0.29) is 35.3 Å². The van der Waals surface area contributed by atoms with Crippen molar-refractivity contribution in [2.45, 2.75) is 80.1 Å². The van der Waals surface area contributed by atoms with Crippen molar-refractivity contribution in [2.24, 2.45) is 0 Å². The second-order valence-corrected chi connectivity index (χ2v) is 12.0. The first kappa shape index (κ1) is 27.3. The Hall–Kier alpha value is 1.48. The van der Waals surface area contributed by atoms with Crippen molar-refractivity contribution in [1.29, 1.82) is 0 Å². The van der Waals surface area contributed by atoms with Gasteiger partial charge >= 0.3 is 0 Å². The molecule has 0 atom stereocenters. The minimum Gasteiger partial charge on any atom is -0.0619 e. The normalized spacial score (nSPS) is 10.3. The molecule has 0 N–H and O–H groups in total. The van der Waals surface area contributed by atoms with Crippen LogP contribution in [-0.4, -0.2) is 37.0 Å². The summed E-state index contributed by atoms with van der Waals surface area (Å²) in [5.74, 6) is 0. The van der Waals surface area contributed by atoms with Gasteiger partial charge in [0, 0.05) is 35.3 Å². The largest absolute Gasteiger partial charge is 0.0619 e. The molecule has 0 bridgehead atoms. The quantitative estimate of drug-likeness (QED) is 0.238. The molecule has 0 aromatic heterocycles. The summed E-state index contributed by atoms with van der Waals surface area (Å²) < 4.78 is 0. The van der Waals surface area contributed by atoms with Crippen molar-refractivity contribution in [3.05, 3.63) is 0 Å². The molecule has 3 heteroatoms. The fourth-order valence-electron chi connectivity index (χ4n) is 2.87. The van der Waals surface area contributed by atoms with E-state index in [2.05, 4.69) is 41.5 Å². The van der Waals surface area contributed by atoms with Crippen LogP contribution in [0.1, 0.15) is 80.1 Å². The Balaban J connectivity index is -0.000000295. The molecule has 0 aliphatic carbocycles. The topological polar surface area (TPSA) is 0 Å². The zero-order valence-corrected chi connectivity index (χ0v) is 19.6. The summed E-state index contributed by atoms with van der Waals surface area (Å²) in [6.07, 6.45) is 17.8. The van der Waals surface area contributed by atoms with Crippen molar-refractivity contribution in [3.63, 3.8) is 0 Å². The average molecular weight is 424 g/mol. The van der Waals surface area contributed by atoms with Gasteiger partial charge in [-0.3, -0.25) is 0 Å². The van der Waals surface area contributed by atoms with Gasteiger partial charge in [-0.1, -0.05) is 41.5 Å². The molecule has 0 saturated heterocycles. The Kier molecular flexibility index (Phi) is 30.9. The molecule has 0 nitrogen and oxygen atoms in total. The van der Waals surface area contributed by atoms with Crippen LogP contribution in [0.25, 0.3) is 0 Å². The number of hydrogen-bond donors (Lipinski definition) is 0. The van der Waals surface area contributed by atoms with E-state index in [0.29, 0.717) is 0 Å². The third-order valence-electron chi connectivity index (χ3n) is 3.62. The van der Waals surface area contributed by atoms with Crippen LogP contribution in [0.4, 0.5) is 0 Å². The summed E-state index contributed by atoms with van der Waals surface area (Å²) >= 11 is 0. The van der Waals surface area contributed by atoms with Gasteiger partial charge in [-0.25, -0.2) is 0 Å². The van der Waals surface area contributed by atoms with E-state index >= 15 is 0 Å². The Morgan fingerprint density at radius 3 is 0.619 bits per heavy atom. The summed E-state index contributed by atoms with van der Waals surface area (Å²) in [5.41, 5.74) is 0.